The van der Waals surface area contributed by atoms with Crippen LogP contribution < -0.4 is 5.32 Å². The fourth-order valence-electron chi connectivity index (χ4n) is 1.77. The first-order valence-electron chi connectivity index (χ1n) is 4.31. The summed E-state index contributed by atoms with van der Waals surface area (Å²) in [6, 6.07) is 0. The predicted octanol–water partition coefficient (Wildman–Crippen LogP) is 1.93. The molecule has 0 aromatic heterocycles. The number of nitrogens with one attached hydrogen (secondary N) is 1. The van der Waals surface area contributed by atoms with Crippen molar-refractivity contribution in [1.29, 1.82) is 0 Å². The zero-order valence-electron chi connectivity index (χ0n) is 6.93. The molecule has 11 heavy (non-hydrogen) atoms. The van der Waals surface area contributed by atoms with Gasteiger partial charge in [-0.3, -0.25) is 0 Å². The minimum Gasteiger partial charge on any atom is -0.302 e. The van der Waals surface area contributed by atoms with Crippen molar-refractivity contribution in [3.8, 4) is 0 Å². The fraction of sp³-hybridized carbons (Fsp3) is 1.00. The van der Waals surface area contributed by atoms with Crippen LogP contribution in [0.2, 0.25) is 0 Å². The maximum atomic E-state index is 3.67. The molecule has 2 heterocycles. The summed E-state index contributed by atoms with van der Waals surface area (Å²) in [7, 11) is 0. The van der Waals surface area contributed by atoms with Gasteiger partial charge in [0.25, 0.3) is 0 Å². The van der Waals surface area contributed by atoms with Crippen molar-refractivity contribution < 1.29 is 0 Å². The number of hydrogen-bond acceptors (Lipinski definition) is 3. The van der Waals surface area contributed by atoms with Crippen LogP contribution in [0.3, 0.4) is 0 Å². The second kappa shape index (κ2) is 3.19. The molecule has 3 heteroatoms. The second-order valence-corrected chi connectivity index (χ2v) is 6.37. The van der Waals surface area contributed by atoms with Gasteiger partial charge in [-0.05, 0) is 25.1 Å². The number of hydrogen-bond donors (Lipinski definition) is 1. The lowest BCUT2D eigenvalue weighted by molar-refractivity contribution is 0.478. The van der Waals surface area contributed by atoms with Crippen molar-refractivity contribution >= 4 is 23.5 Å². The summed E-state index contributed by atoms with van der Waals surface area (Å²) in [5.74, 6) is 2.68. The monoisotopic (exact) mass is 189 g/mol. The molecule has 2 rings (SSSR count). The van der Waals surface area contributed by atoms with Gasteiger partial charge in [0.2, 0.25) is 0 Å². The van der Waals surface area contributed by atoms with Gasteiger partial charge in [-0.25, -0.2) is 0 Å². The van der Waals surface area contributed by atoms with E-state index in [1.807, 2.05) is 0 Å². The molecule has 0 saturated carbocycles. The zero-order valence-corrected chi connectivity index (χ0v) is 8.56. The highest BCUT2D eigenvalue weighted by Gasteiger charge is 2.38. The Morgan fingerprint density at radius 3 is 3.09 bits per heavy atom. The third kappa shape index (κ3) is 1.70. The van der Waals surface area contributed by atoms with E-state index in [9.17, 15) is 0 Å². The van der Waals surface area contributed by atoms with Gasteiger partial charge in [-0.15, -0.1) is 11.8 Å². The molecule has 0 aromatic rings. The molecule has 0 radical (unpaired) electrons. The van der Waals surface area contributed by atoms with E-state index in [4.69, 9.17) is 0 Å². The van der Waals surface area contributed by atoms with Crippen LogP contribution in [0.5, 0.6) is 0 Å². The summed E-state index contributed by atoms with van der Waals surface area (Å²) < 4.78 is 0. The quantitative estimate of drug-likeness (QED) is 0.625. The highest BCUT2D eigenvalue weighted by molar-refractivity contribution is 8.05. The standard InChI is InChI=1S/C8H15NS2/c1-7-2-4-9-8(11-7)3-5-10-6-8/h7,9H,2-6H2,1H3. The Labute approximate surface area is 77.1 Å². The molecule has 2 atom stereocenters. The molecule has 0 aliphatic carbocycles. The highest BCUT2D eigenvalue weighted by Crippen LogP contribution is 2.42. The van der Waals surface area contributed by atoms with Gasteiger partial charge in [0.05, 0.1) is 4.87 Å². The fourth-order valence-corrected chi connectivity index (χ4v) is 5.04. The smallest absolute Gasteiger partial charge is 0.0747 e. The third-order valence-corrected chi connectivity index (χ3v) is 5.36. The lowest BCUT2D eigenvalue weighted by Crippen LogP contribution is -2.47. The molecule has 1 spiro atoms. The minimum atomic E-state index is 0.475. The molecule has 64 valence electrons. The van der Waals surface area contributed by atoms with Crippen molar-refractivity contribution in [2.24, 2.45) is 0 Å². The maximum Gasteiger partial charge on any atom is 0.0747 e. The average molecular weight is 189 g/mol. The van der Waals surface area contributed by atoms with Crippen molar-refractivity contribution in [3.63, 3.8) is 0 Å². The first-order valence-corrected chi connectivity index (χ1v) is 6.35. The summed E-state index contributed by atoms with van der Waals surface area (Å²) >= 11 is 4.26. The van der Waals surface area contributed by atoms with E-state index in [1.165, 1.54) is 30.9 Å². The first-order chi connectivity index (χ1) is 5.31. The Balaban J connectivity index is 2.00. The number of thioether (sulfide) groups is 2. The molecule has 2 unspecified atom stereocenters. The van der Waals surface area contributed by atoms with Crippen LogP contribution in [0.25, 0.3) is 0 Å². The van der Waals surface area contributed by atoms with Crippen molar-refractivity contribution in [2.75, 3.05) is 18.1 Å². The molecular formula is C8H15NS2. The topological polar surface area (TPSA) is 12.0 Å². The molecule has 1 N–H and O–H groups in total. The summed E-state index contributed by atoms with van der Waals surface area (Å²) in [5, 5.41) is 4.54. The van der Waals surface area contributed by atoms with Gasteiger partial charge in [0, 0.05) is 11.0 Å². The van der Waals surface area contributed by atoms with Crippen LogP contribution in [0, 0.1) is 0 Å². The highest BCUT2D eigenvalue weighted by atomic mass is 32.2. The number of rotatable bonds is 0. The zero-order chi connectivity index (χ0) is 7.73. The maximum absolute atomic E-state index is 3.67. The van der Waals surface area contributed by atoms with Gasteiger partial charge in [0.15, 0.2) is 0 Å². The molecule has 0 bridgehead atoms. The minimum absolute atomic E-state index is 0.475. The summed E-state index contributed by atoms with van der Waals surface area (Å²) in [6.07, 6.45) is 2.71. The average Bonchev–Trinajstić information content (AvgIpc) is 2.37. The lowest BCUT2D eigenvalue weighted by atomic mass is 10.2. The largest absolute Gasteiger partial charge is 0.302 e. The van der Waals surface area contributed by atoms with E-state index < -0.39 is 0 Å². The third-order valence-electron chi connectivity index (χ3n) is 2.41. The van der Waals surface area contributed by atoms with E-state index in [0.29, 0.717) is 4.87 Å². The van der Waals surface area contributed by atoms with Crippen LogP contribution in [0.15, 0.2) is 0 Å². The van der Waals surface area contributed by atoms with E-state index >= 15 is 0 Å². The van der Waals surface area contributed by atoms with E-state index in [0.717, 1.165) is 5.25 Å². The van der Waals surface area contributed by atoms with Crippen LogP contribution in [0.1, 0.15) is 19.8 Å². The van der Waals surface area contributed by atoms with Gasteiger partial charge >= 0.3 is 0 Å². The van der Waals surface area contributed by atoms with E-state index in [2.05, 4.69) is 35.8 Å². The summed E-state index contributed by atoms with van der Waals surface area (Å²) in [4.78, 5) is 0.475. The summed E-state index contributed by atoms with van der Waals surface area (Å²) in [5.41, 5.74) is 0. The van der Waals surface area contributed by atoms with Crippen molar-refractivity contribution in [1.82, 2.24) is 5.32 Å². The SMILES string of the molecule is CC1CCNC2(CCSC2)S1. The Bertz CT molecular complexity index is 143. The predicted molar refractivity (Wildman–Crippen MR) is 54.3 cm³/mol. The van der Waals surface area contributed by atoms with Gasteiger partial charge in [-0.1, -0.05) is 6.92 Å². The molecule has 2 fully saturated rings. The van der Waals surface area contributed by atoms with Gasteiger partial charge < -0.3 is 5.32 Å². The van der Waals surface area contributed by atoms with Gasteiger partial charge in [-0.2, -0.15) is 11.8 Å². The second-order valence-electron chi connectivity index (χ2n) is 3.44. The van der Waals surface area contributed by atoms with E-state index in [-0.39, 0.29) is 0 Å². The molecular weight excluding hydrogens is 174 g/mol. The first kappa shape index (κ1) is 8.27. The summed E-state index contributed by atoms with van der Waals surface area (Å²) in [6.45, 7) is 3.59. The van der Waals surface area contributed by atoms with E-state index in [1.54, 1.807) is 0 Å². The Morgan fingerprint density at radius 1 is 1.55 bits per heavy atom. The van der Waals surface area contributed by atoms with Crippen LogP contribution in [-0.2, 0) is 0 Å². The van der Waals surface area contributed by atoms with Crippen LogP contribution in [0.4, 0.5) is 0 Å². The van der Waals surface area contributed by atoms with Crippen LogP contribution >= 0.6 is 23.5 Å². The normalized spacial score (nSPS) is 45.0. The van der Waals surface area contributed by atoms with Crippen molar-refractivity contribution in [3.05, 3.63) is 0 Å². The lowest BCUT2D eigenvalue weighted by Gasteiger charge is -2.36. The molecule has 1 nitrogen and oxygen atoms in total. The molecule has 2 aliphatic heterocycles. The van der Waals surface area contributed by atoms with Crippen molar-refractivity contribution in [2.45, 2.75) is 29.9 Å². The van der Waals surface area contributed by atoms with Gasteiger partial charge in [0.1, 0.15) is 0 Å². The molecule has 0 aromatic carbocycles. The Kier molecular flexibility index (Phi) is 2.40. The Hall–Kier alpha value is 0.660. The molecule has 2 saturated heterocycles. The van der Waals surface area contributed by atoms with Crippen LogP contribution in [-0.4, -0.2) is 28.2 Å². The molecule has 2 aliphatic rings. The molecule has 0 amide bonds. The Morgan fingerprint density at radius 2 is 2.45 bits per heavy atom.